The fourth-order valence-electron chi connectivity index (χ4n) is 6.30. The van der Waals surface area contributed by atoms with Crippen LogP contribution in [0, 0.1) is 16.7 Å². The summed E-state index contributed by atoms with van der Waals surface area (Å²) >= 11 is 0. The molecule has 0 aromatic carbocycles. The predicted molar refractivity (Wildman–Crippen MR) is 94.8 cm³/mol. The lowest BCUT2D eigenvalue weighted by molar-refractivity contribution is -0.202. The number of aliphatic hydroxyl groups is 5. The molecule has 0 spiro atoms. The van der Waals surface area contributed by atoms with Crippen molar-refractivity contribution in [1.29, 1.82) is 0 Å². The molecule has 25 heavy (non-hydrogen) atoms. The van der Waals surface area contributed by atoms with E-state index in [0.717, 1.165) is 0 Å². The third-order valence-corrected chi connectivity index (χ3v) is 8.35. The Hall–Kier alpha value is -0.460. The summed E-state index contributed by atoms with van der Waals surface area (Å²) in [6.07, 6.45) is 1.86. The van der Waals surface area contributed by atoms with Crippen molar-refractivity contribution in [1.82, 2.24) is 0 Å². The van der Waals surface area contributed by atoms with Gasteiger partial charge in [0, 0.05) is 5.41 Å². The fraction of sp³-hybridized carbons (Fsp3) is 0.900. The van der Waals surface area contributed by atoms with Gasteiger partial charge < -0.3 is 25.5 Å². The molecule has 6 atom stereocenters. The molecule has 144 valence electrons. The van der Waals surface area contributed by atoms with Gasteiger partial charge in [-0.05, 0) is 56.4 Å². The molecule has 3 saturated carbocycles. The van der Waals surface area contributed by atoms with Gasteiger partial charge in [-0.3, -0.25) is 0 Å². The van der Waals surface area contributed by atoms with Crippen molar-refractivity contribution >= 4 is 0 Å². The molecule has 3 aliphatic rings. The summed E-state index contributed by atoms with van der Waals surface area (Å²) < 4.78 is 0. The summed E-state index contributed by atoms with van der Waals surface area (Å²) in [6, 6.07) is 0. The molecule has 3 rings (SSSR count). The van der Waals surface area contributed by atoms with Gasteiger partial charge in [0.2, 0.25) is 0 Å². The highest BCUT2D eigenvalue weighted by molar-refractivity contribution is 5.31. The van der Waals surface area contributed by atoms with Gasteiger partial charge in [0.25, 0.3) is 0 Å². The van der Waals surface area contributed by atoms with Crippen LogP contribution in [0.1, 0.15) is 65.7 Å². The van der Waals surface area contributed by atoms with Crippen molar-refractivity contribution in [3.63, 3.8) is 0 Å². The van der Waals surface area contributed by atoms with Gasteiger partial charge in [-0.1, -0.05) is 27.4 Å². The molecule has 3 aliphatic carbocycles. The Morgan fingerprint density at radius 3 is 2.32 bits per heavy atom. The first-order valence-electron chi connectivity index (χ1n) is 9.57. The van der Waals surface area contributed by atoms with Crippen LogP contribution in [-0.2, 0) is 0 Å². The highest BCUT2D eigenvalue weighted by atomic mass is 16.4. The minimum absolute atomic E-state index is 0.132. The first kappa shape index (κ1) is 19.3. The van der Waals surface area contributed by atoms with Gasteiger partial charge in [-0.2, -0.15) is 0 Å². The van der Waals surface area contributed by atoms with Crippen LogP contribution in [0.2, 0.25) is 0 Å². The van der Waals surface area contributed by atoms with Crippen LogP contribution in [0.3, 0.4) is 0 Å². The molecule has 0 aromatic heterocycles. The molecule has 5 nitrogen and oxygen atoms in total. The molecular weight excluding hydrogens is 320 g/mol. The number of rotatable bonds is 2. The Morgan fingerprint density at radius 1 is 1.12 bits per heavy atom. The number of fused-ring (bicyclic) bond motifs is 2. The van der Waals surface area contributed by atoms with Gasteiger partial charge in [0.15, 0.2) is 0 Å². The van der Waals surface area contributed by atoms with Gasteiger partial charge >= 0.3 is 0 Å². The lowest BCUT2D eigenvalue weighted by atomic mass is 9.55. The Bertz CT molecular complexity index is 576. The molecule has 0 radical (unpaired) electrons. The summed E-state index contributed by atoms with van der Waals surface area (Å²) in [4.78, 5) is 0. The third-order valence-electron chi connectivity index (χ3n) is 8.35. The standard InChI is InChI=1S/C20H34O5/c1-13(2)18(23)9-7-16(4)11-19(24)14(3)5-6-15(22)17(19,12-21)8-10-20(16,18)25/h13,15,21-25H,3,5-12H2,1-2,4H3/t15?,16?,17-,18+,19?,20-/m0/s1. The van der Waals surface area contributed by atoms with E-state index in [4.69, 9.17) is 0 Å². The van der Waals surface area contributed by atoms with Crippen molar-refractivity contribution in [3.05, 3.63) is 12.2 Å². The zero-order valence-corrected chi connectivity index (χ0v) is 15.8. The Labute approximate surface area is 150 Å². The molecule has 0 aliphatic heterocycles. The Balaban J connectivity index is 2.16. The fourth-order valence-corrected chi connectivity index (χ4v) is 6.30. The lowest BCUT2D eigenvalue weighted by Gasteiger charge is -2.54. The molecule has 3 unspecified atom stereocenters. The molecule has 0 heterocycles. The average molecular weight is 354 g/mol. The van der Waals surface area contributed by atoms with E-state index in [1.807, 2.05) is 20.8 Å². The lowest BCUT2D eigenvalue weighted by Crippen LogP contribution is -2.62. The van der Waals surface area contributed by atoms with Crippen LogP contribution in [0.15, 0.2) is 12.2 Å². The van der Waals surface area contributed by atoms with Crippen molar-refractivity contribution in [2.75, 3.05) is 6.61 Å². The van der Waals surface area contributed by atoms with Crippen LogP contribution in [0.5, 0.6) is 0 Å². The number of hydrogen-bond donors (Lipinski definition) is 5. The molecule has 3 fully saturated rings. The molecular formula is C20H34O5. The minimum Gasteiger partial charge on any atom is -0.396 e. The van der Waals surface area contributed by atoms with Crippen molar-refractivity contribution in [2.24, 2.45) is 16.7 Å². The van der Waals surface area contributed by atoms with Gasteiger partial charge in [0.05, 0.1) is 34.9 Å². The summed E-state index contributed by atoms with van der Waals surface area (Å²) in [7, 11) is 0. The maximum Gasteiger partial charge on any atom is 0.0990 e. The quantitative estimate of drug-likeness (QED) is 0.484. The second-order valence-electron chi connectivity index (χ2n) is 9.51. The van der Waals surface area contributed by atoms with E-state index in [-0.39, 0.29) is 31.8 Å². The normalized spacial score (nSPS) is 53.5. The Kier molecular flexibility index (Phi) is 4.26. The number of hydrogen-bond acceptors (Lipinski definition) is 5. The van der Waals surface area contributed by atoms with Crippen LogP contribution < -0.4 is 0 Å². The zero-order chi connectivity index (χ0) is 18.9. The highest BCUT2D eigenvalue weighted by Gasteiger charge is 2.72. The molecule has 5 N–H and O–H groups in total. The van der Waals surface area contributed by atoms with Crippen LogP contribution in [0.4, 0.5) is 0 Å². The zero-order valence-electron chi connectivity index (χ0n) is 15.8. The Morgan fingerprint density at radius 2 is 1.76 bits per heavy atom. The summed E-state index contributed by atoms with van der Waals surface area (Å²) in [6.45, 7) is 9.44. The van der Waals surface area contributed by atoms with E-state index < -0.39 is 33.7 Å². The maximum absolute atomic E-state index is 11.7. The third kappa shape index (κ3) is 2.08. The van der Waals surface area contributed by atoms with Gasteiger partial charge in [-0.15, -0.1) is 0 Å². The molecule has 0 amide bonds. The van der Waals surface area contributed by atoms with Gasteiger partial charge in [-0.25, -0.2) is 0 Å². The summed E-state index contributed by atoms with van der Waals surface area (Å²) in [5.74, 6) is -0.132. The smallest absolute Gasteiger partial charge is 0.0990 e. The average Bonchev–Trinajstić information content (AvgIpc) is 2.69. The topological polar surface area (TPSA) is 101 Å². The molecule has 5 heteroatoms. The van der Waals surface area contributed by atoms with E-state index in [9.17, 15) is 25.5 Å². The summed E-state index contributed by atoms with van der Waals surface area (Å²) in [5.41, 5.74) is -5.28. The van der Waals surface area contributed by atoms with Crippen LogP contribution in [-0.4, -0.2) is 55.0 Å². The van der Waals surface area contributed by atoms with Crippen molar-refractivity contribution in [3.8, 4) is 0 Å². The molecule has 0 saturated heterocycles. The predicted octanol–water partition coefficient (Wildman–Crippen LogP) is 1.51. The SMILES string of the molecule is C=C1CCC(O)[C@@]2(CO)CC[C@]3(O)C(C)(CC[C@@]3(O)C(C)C)CC12O. The van der Waals surface area contributed by atoms with E-state index in [1.165, 1.54) is 0 Å². The molecule has 0 bridgehead atoms. The first-order chi connectivity index (χ1) is 11.4. The first-order valence-corrected chi connectivity index (χ1v) is 9.57. The second-order valence-corrected chi connectivity index (χ2v) is 9.51. The minimum atomic E-state index is -1.44. The largest absolute Gasteiger partial charge is 0.396 e. The van der Waals surface area contributed by atoms with Crippen LogP contribution in [0.25, 0.3) is 0 Å². The second kappa shape index (κ2) is 5.52. The van der Waals surface area contributed by atoms with E-state index in [1.54, 1.807) is 0 Å². The maximum atomic E-state index is 11.7. The number of aliphatic hydroxyl groups excluding tert-OH is 2. The van der Waals surface area contributed by atoms with E-state index >= 15 is 0 Å². The van der Waals surface area contributed by atoms with Gasteiger partial charge in [0.1, 0.15) is 0 Å². The van der Waals surface area contributed by atoms with Crippen molar-refractivity contribution in [2.45, 2.75) is 88.6 Å². The van der Waals surface area contributed by atoms with E-state index in [0.29, 0.717) is 31.3 Å². The monoisotopic (exact) mass is 354 g/mol. The molecule has 0 aromatic rings. The summed E-state index contributed by atoms with van der Waals surface area (Å²) in [5, 5.41) is 55.7. The van der Waals surface area contributed by atoms with Crippen molar-refractivity contribution < 1.29 is 25.5 Å². The van der Waals surface area contributed by atoms with Crippen LogP contribution >= 0.6 is 0 Å². The highest BCUT2D eigenvalue weighted by Crippen LogP contribution is 2.67. The van der Waals surface area contributed by atoms with E-state index in [2.05, 4.69) is 6.58 Å².